The van der Waals surface area contributed by atoms with Gasteiger partial charge in [-0.2, -0.15) is 0 Å². The van der Waals surface area contributed by atoms with Gasteiger partial charge in [0.2, 0.25) is 0 Å². The van der Waals surface area contributed by atoms with Crippen LogP contribution in [0.2, 0.25) is 0 Å². The predicted molar refractivity (Wildman–Crippen MR) is 76.8 cm³/mol. The number of halogens is 1. The maximum absolute atomic E-state index is 11.4. The van der Waals surface area contributed by atoms with Gasteiger partial charge in [-0.3, -0.25) is 19.2 Å². The third-order valence-electron chi connectivity index (χ3n) is 2.80. The molecule has 0 N–H and O–H groups in total. The smallest absolute Gasteiger partial charge is 0.322 e. The molecular weight excluding hydrogens is 344 g/mol. The van der Waals surface area contributed by atoms with Crippen LogP contribution in [0.15, 0.2) is 12.2 Å². The van der Waals surface area contributed by atoms with Crippen LogP contribution in [-0.4, -0.2) is 41.0 Å². The Kier molecular flexibility index (Phi) is 6.26. The summed E-state index contributed by atoms with van der Waals surface area (Å²) in [5, 5.41) is 0. The zero-order chi connectivity index (χ0) is 16.0. The summed E-state index contributed by atoms with van der Waals surface area (Å²) < 4.78 is 8.96. The first-order valence-corrected chi connectivity index (χ1v) is 7.28. The third-order valence-corrected chi connectivity index (χ3v) is 3.12. The van der Waals surface area contributed by atoms with Crippen LogP contribution in [0.25, 0.3) is 0 Å². The van der Waals surface area contributed by atoms with Crippen molar-refractivity contribution in [2.24, 2.45) is 5.92 Å². The van der Waals surface area contributed by atoms with E-state index in [1.54, 1.807) is 13.8 Å². The van der Waals surface area contributed by atoms with Crippen LogP contribution in [0.1, 0.15) is 26.7 Å². The monoisotopic (exact) mass is 360 g/mol. The Morgan fingerprint density at radius 3 is 2.19 bits per heavy atom. The zero-order valence-electron chi connectivity index (χ0n) is 11.9. The van der Waals surface area contributed by atoms with Crippen molar-refractivity contribution >= 4 is 39.4 Å². The van der Waals surface area contributed by atoms with E-state index in [0.717, 1.165) is 0 Å². The molecule has 6 nitrogen and oxygen atoms in total. The Labute approximate surface area is 131 Å². The molecule has 0 aliphatic heterocycles. The topological polar surface area (TPSA) is 86.7 Å². The fourth-order valence-electron chi connectivity index (χ4n) is 1.62. The van der Waals surface area contributed by atoms with Gasteiger partial charge in [-0.05, 0) is 32.4 Å². The largest absolute Gasteiger partial charge is 0.462 e. The maximum Gasteiger partial charge on any atom is 0.322 e. The van der Waals surface area contributed by atoms with E-state index in [2.05, 4.69) is 15.9 Å². The summed E-state index contributed by atoms with van der Waals surface area (Å²) in [6.45, 7) is 3.19. The average Bonchev–Trinajstić information content (AvgIpc) is 2.70. The molecule has 1 aliphatic rings. The Hall–Kier alpha value is -1.50. The SMILES string of the molecule is CC(C)(Br)C(=O)OCCOC(=O)CCC1C(=O)C=CC1=O. The summed E-state index contributed by atoms with van der Waals surface area (Å²) in [7, 11) is 0. The Balaban J connectivity index is 2.16. The van der Waals surface area contributed by atoms with E-state index in [-0.39, 0.29) is 37.6 Å². The number of esters is 2. The standard InChI is InChI=1S/C14H17BrO6/c1-14(2,15)13(19)21-8-7-20-12(18)6-3-9-10(16)4-5-11(9)17/h4-5,9H,3,6-8H2,1-2H3. The van der Waals surface area contributed by atoms with E-state index in [0.29, 0.717) is 0 Å². The fraction of sp³-hybridized carbons (Fsp3) is 0.571. The van der Waals surface area contributed by atoms with Crippen molar-refractivity contribution in [1.82, 2.24) is 0 Å². The minimum Gasteiger partial charge on any atom is -0.462 e. The number of alkyl halides is 1. The molecule has 0 aromatic rings. The first-order chi connectivity index (χ1) is 9.71. The van der Waals surface area contributed by atoms with Crippen LogP contribution in [0.3, 0.4) is 0 Å². The van der Waals surface area contributed by atoms with E-state index in [9.17, 15) is 19.2 Å². The van der Waals surface area contributed by atoms with E-state index in [1.807, 2.05) is 0 Å². The normalized spacial score (nSPS) is 15.4. The summed E-state index contributed by atoms with van der Waals surface area (Å²) in [5.41, 5.74) is 0. The average molecular weight is 361 g/mol. The Bertz CT molecular complexity index is 456. The lowest BCUT2D eigenvalue weighted by molar-refractivity contribution is -0.153. The third kappa shape index (κ3) is 5.79. The van der Waals surface area contributed by atoms with Gasteiger partial charge in [0.25, 0.3) is 0 Å². The molecule has 0 heterocycles. The highest BCUT2D eigenvalue weighted by atomic mass is 79.9. The summed E-state index contributed by atoms with van der Waals surface area (Å²) in [5.74, 6) is -2.30. The molecule has 0 aromatic heterocycles. The van der Waals surface area contributed by atoms with E-state index in [4.69, 9.17) is 9.47 Å². The molecule has 0 amide bonds. The molecule has 0 saturated carbocycles. The lowest BCUT2D eigenvalue weighted by Crippen LogP contribution is -2.28. The van der Waals surface area contributed by atoms with Gasteiger partial charge in [-0.15, -0.1) is 0 Å². The van der Waals surface area contributed by atoms with Crippen LogP contribution < -0.4 is 0 Å². The maximum atomic E-state index is 11.4. The van der Waals surface area contributed by atoms with Gasteiger partial charge in [0.15, 0.2) is 11.6 Å². The van der Waals surface area contributed by atoms with Gasteiger partial charge in [0.05, 0.1) is 5.92 Å². The second-order valence-corrected chi connectivity index (χ2v) is 7.04. The first kappa shape index (κ1) is 17.6. The summed E-state index contributed by atoms with van der Waals surface area (Å²) in [6, 6.07) is 0. The zero-order valence-corrected chi connectivity index (χ0v) is 13.5. The van der Waals surface area contributed by atoms with E-state index >= 15 is 0 Å². The minimum absolute atomic E-state index is 0.0261. The van der Waals surface area contributed by atoms with E-state index < -0.39 is 22.2 Å². The number of ether oxygens (including phenoxy) is 2. The number of allylic oxidation sites excluding steroid dienone is 2. The molecule has 1 rings (SSSR count). The number of ketones is 2. The molecule has 0 bridgehead atoms. The summed E-state index contributed by atoms with van der Waals surface area (Å²) in [4.78, 5) is 45.4. The molecule has 0 fully saturated rings. The number of rotatable bonds is 7. The number of hydrogen-bond acceptors (Lipinski definition) is 6. The van der Waals surface area contributed by atoms with Crippen LogP contribution in [-0.2, 0) is 28.7 Å². The molecule has 21 heavy (non-hydrogen) atoms. The Morgan fingerprint density at radius 2 is 1.67 bits per heavy atom. The van der Waals surface area contributed by atoms with Gasteiger partial charge in [0, 0.05) is 6.42 Å². The van der Waals surface area contributed by atoms with Crippen LogP contribution >= 0.6 is 15.9 Å². The van der Waals surface area contributed by atoms with Crippen LogP contribution in [0.5, 0.6) is 0 Å². The van der Waals surface area contributed by atoms with Crippen molar-refractivity contribution in [2.45, 2.75) is 31.0 Å². The predicted octanol–water partition coefficient (Wildman–Crippen LogP) is 1.35. The lowest BCUT2D eigenvalue weighted by atomic mass is 9.99. The van der Waals surface area contributed by atoms with Gasteiger partial charge >= 0.3 is 11.9 Å². The highest BCUT2D eigenvalue weighted by molar-refractivity contribution is 9.10. The molecule has 0 saturated heterocycles. The van der Waals surface area contributed by atoms with Crippen molar-refractivity contribution in [3.8, 4) is 0 Å². The fourth-order valence-corrected chi connectivity index (χ4v) is 1.73. The highest BCUT2D eigenvalue weighted by Crippen LogP contribution is 2.18. The molecule has 1 aliphatic carbocycles. The van der Waals surface area contributed by atoms with Crippen LogP contribution in [0.4, 0.5) is 0 Å². The summed E-state index contributed by atoms with van der Waals surface area (Å²) >= 11 is 3.15. The quantitative estimate of drug-likeness (QED) is 0.295. The van der Waals surface area contributed by atoms with Crippen molar-refractivity contribution in [3.05, 3.63) is 12.2 Å². The lowest BCUT2D eigenvalue weighted by Gasteiger charge is -2.14. The minimum atomic E-state index is -0.785. The molecule has 0 radical (unpaired) electrons. The number of hydrogen-bond donors (Lipinski definition) is 0. The molecule has 116 valence electrons. The molecule has 0 unspecified atom stereocenters. The first-order valence-electron chi connectivity index (χ1n) is 6.49. The van der Waals surface area contributed by atoms with Crippen LogP contribution in [0, 0.1) is 5.92 Å². The van der Waals surface area contributed by atoms with Gasteiger partial charge < -0.3 is 9.47 Å². The van der Waals surface area contributed by atoms with Crippen molar-refractivity contribution in [3.63, 3.8) is 0 Å². The number of carbonyl (C=O) groups is 4. The van der Waals surface area contributed by atoms with Crippen molar-refractivity contribution in [1.29, 1.82) is 0 Å². The van der Waals surface area contributed by atoms with Crippen molar-refractivity contribution < 1.29 is 28.7 Å². The molecule has 0 spiro atoms. The molecule has 0 atom stereocenters. The van der Waals surface area contributed by atoms with E-state index in [1.165, 1.54) is 12.2 Å². The van der Waals surface area contributed by atoms with Gasteiger partial charge in [0.1, 0.15) is 17.5 Å². The van der Waals surface area contributed by atoms with Gasteiger partial charge in [-0.25, -0.2) is 0 Å². The summed E-state index contributed by atoms with van der Waals surface area (Å²) in [6.07, 6.45) is 2.55. The number of carbonyl (C=O) groups excluding carboxylic acids is 4. The molecular formula is C14H17BrO6. The second-order valence-electron chi connectivity index (χ2n) is 5.06. The Morgan fingerprint density at radius 1 is 1.14 bits per heavy atom. The second kappa shape index (κ2) is 7.49. The highest BCUT2D eigenvalue weighted by Gasteiger charge is 2.28. The molecule has 7 heteroatoms. The van der Waals surface area contributed by atoms with Gasteiger partial charge in [-0.1, -0.05) is 15.9 Å². The molecule has 0 aromatic carbocycles. The van der Waals surface area contributed by atoms with Crippen molar-refractivity contribution in [2.75, 3.05) is 13.2 Å².